The SMILES string of the molecule is CC(C)CC(CN)NC(=O)C1CC12CCc1ccccc12.Cl. The molecule has 3 nitrogen and oxygen atoms in total. The van der Waals surface area contributed by atoms with E-state index in [-0.39, 0.29) is 35.7 Å². The van der Waals surface area contributed by atoms with Gasteiger partial charge in [-0.15, -0.1) is 12.4 Å². The summed E-state index contributed by atoms with van der Waals surface area (Å²) in [7, 11) is 0. The molecule has 0 bridgehead atoms. The van der Waals surface area contributed by atoms with Gasteiger partial charge < -0.3 is 11.1 Å². The van der Waals surface area contributed by atoms with Gasteiger partial charge in [0, 0.05) is 23.9 Å². The lowest BCUT2D eigenvalue weighted by atomic mass is 9.95. The second-order valence-electron chi connectivity index (χ2n) is 7.14. The number of halogens is 1. The molecular formula is C18H27ClN2O. The van der Waals surface area contributed by atoms with Gasteiger partial charge >= 0.3 is 0 Å². The number of nitrogens with one attached hydrogen (secondary N) is 1. The maximum absolute atomic E-state index is 12.6. The van der Waals surface area contributed by atoms with Crippen molar-refractivity contribution in [2.24, 2.45) is 17.6 Å². The second-order valence-corrected chi connectivity index (χ2v) is 7.14. The normalized spacial score (nSPS) is 26.5. The smallest absolute Gasteiger partial charge is 0.224 e. The summed E-state index contributed by atoms with van der Waals surface area (Å²) in [5, 5.41) is 3.18. The Kier molecular flexibility index (Phi) is 5.18. The van der Waals surface area contributed by atoms with Crippen LogP contribution in [0.4, 0.5) is 0 Å². The van der Waals surface area contributed by atoms with Crippen LogP contribution in [0.2, 0.25) is 0 Å². The van der Waals surface area contributed by atoms with Crippen molar-refractivity contribution in [3.63, 3.8) is 0 Å². The van der Waals surface area contributed by atoms with Gasteiger partial charge in [0.2, 0.25) is 5.91 Å². The van der Waals surface area contributed by atoms with Crippen LogP contribution >= 0.6 is 12.4 Å². The van der Waals surface area contributed by atoms with Crippen LogP contribution in [0.3, 0.4) is 0 Å². The minimum atomic E-state index is 0. The average Bonchev–Trinajstić information content (AvgIpc) is 3.08. The molecule has 0 aliphatic heterocycles. The van der Waals surface area contributed by atoms with Crippen LogP contribution < -0.4 is 11.1 Å². The van der Waals surface area contributed by atoms with Gasteiger partial charge in [-0.25, -0.2) is 0 Å². The van der Waals surface area contributed by atoms with Crippen molar-refractivity contribution in [3.05, 3.63) is 35.4 Å². The Hall–Kier alpha value is -1.06. The van der Waals surface area contributed by atoms with Crippen LogP contribution in [0.15, 0.2) is 24.3 Å². The lowest BCUT2D eigenvalue weighted by molar-refractivity contribution is -0.123. The largest absolute Gasteiger partial charge is 0.352 e. The monoisotopic (exact) mass is 322 g/mol. The first kappa shape index (κ1) is 17.3. The van der Waals surface area contributed by atoms with E-state index >= 15 is 0 Å². The highest BCUT2D eigenvalue weighted by molar-refractivity contribution is 5.85. The maximum Gasteiger partial charge on any atom is 0.224 e. The van der Waals surface area contributed by atoms with E-state index in [1.165, 1.54) is 11.1 Å². The summed E-state index contributed by atoms with van der Waals surface area (Å²) in [5.74, 6) is 0.921. The fourth-order valence-corrected chi connectivity index (χ4v) is 4.02. The predicted octanol–water partition coefficient (Wildman–Crippen LogP) is 2.80. The lowest BCUT2D eigenvalue weighted by Crippen LogP contribution is -2.42. The number of nitrogens with two attached hydrogens (primary N) is 1. The Morgan fingerprint density at radius 2 is 2.14 bits per heavy atom. The first-order chi connectivity index (χ1) is 10.1. The third-order valence-corrected chi connectivity index (χ3v) is 5.17. The van der Waals surface area contributed by atoms with Crippen LogP contribution in [0.1, 0.15) is 44.2 Å². The van der Waals surface area contributed by atoms with Gasteiger partial charge in [0.15, 0.2) is 0 Å². The number of aryl methyl sites for hydroxylation is 1. The molecule has 3 N–H and O–H groups in total. The molecule has 1 aromatic carbocycles. The molecule has 0 saturated heterocycles. The molecule has 2 aliphatic carbocycles. The molecule has 22 heavy (non-hydrogen) atoms. The minimum absolute atomic E-state index is 0. The summed E-state index contributed by atoms with van der Waals surface area (Å²) in [6.45, 7) is 4.86. The molecule has 3 unspecified atom stereocenters. The molecule has 1 fully saturated rings. The number of amides is 1. The molecule has 0 radical (unpaired) electrons. The van der Waals surface area contributed by atoms with Crippen molar-refractivity contribution in [2.45, 2.75) is 51.0 Å². The van der Waals surface area contributed by atoms with Crippen molar-refractivity contribution >= 4 is 18.3 Å². The molecule has 0 heterocycles. The van der Waals surface area contributed by atoms with Gasteiger partial charge in [0.05, 0.1) is 0 Å². The molecule has 1 saturated carbocycles. The molecule has 4 heteroatoms. The first-order valence-electron chi connectivity index (χ1n) is 8.15. The van der Waals surface area contributed by atoms with E-state index in [1.807, 2.05) is 0 Å². The standard InChI is InChI=1S/C18H26N2O.ClH/c1-12(2)9-14(11-19)20-17(21)16-10-18(16)8-7-13-5-3-4-6-15(13)18;/h3-6,12,14,16H,7-11,19H2,1-2H3,(H,20,21);1H. The quantitative estimate of drug-likeness (QED) is 0.876. The van der Waals surface area contributed by atoms with Gasteiger partial charge in [0.25, 0.3) is 0 Å². The summed E-state index contributed by atoms with van der Waals surface area (Å²) < 4.78 is 0. The van der Waals surface area contributed by atoms with E-state index in [2.05, 4.69) is 43.4 Å². The highest BCUT2D eigenvalue weighted by atomic mass is 35.5. The topological polar surface area (TPSA) is 55.1 Å². The van der Waals surface area contributed by atoms with Crippen LogP contribution in [0.5, 0.6) is 0 Å². The summed E-state index contributed by atoms with van der Waals surface area (Å²) in [6, 6.07) is 8.73. The number of rotatable bonds is 5. The van der Waals surface area contributed by atoms with Crippen molar-refractivity contribution in [2.75, 3.05) is 6.54 Å². The number of hydrogen-bond donors (Lipinski definition) is 2. The number of hydrogen-bond acceptors (Lipinski definition) is 2. The van der Waals surface area contributed by atoms with E-state index < -0.39 is 0 Å². The maximum atomic E-state index is 12.6. The third kappa shape index (κ3) is 3.02. The average molecular weight is 323 g/mol. The number of fused-ring (bicyclic) bond motifs is 2. The van der Waals surface area contributed by atoms with Crippen molar-refractivity contribution in [1.29, 1.82) is 0 Å². The highest BCUT2D eigenvalue weighted by Crippen LogP contribution is 2.61. The number of benzene rings is 1. The van der Waals surface area contributed by atoms with E-state index in [0.29, 0.717) is 12.5 Å². The molecule has 0 aromatic heterocycles. The Bertz CT molecular complexity index is 546. The van der Waals surface area contributed by atoms with Gasteiger partial charge in [-0.1, -0.05) is 38.1 Å². The third-order valence-electron chi connectivity index (χ3n) is 5.17. The molecule has 122 valence electrons. The van der Waals surface area contributed by atoms with Crippen LogP contribution in [-0.2, 0) is 16.6 Å². The van der Waals surface area contributed by atoms with E-state index in [0.717, 1.165) is 25.7 Å². The van der Waals surface area contributed by atoms with Crippen molar-refractivity contribution < 1.29 is 4.79 Å². The van der Waals surface area contributed by atoms with Crippen molar-refractivity contribution in [1.82, 2.24) is 5.32 Å². The molecule has 2 aliphatic rings. The summed E-state index contributed by atoms with van der Waals surface area (Å²) in [4.78, 5) is 12.6. The Balaban J connectivity index is 0.00000176. The molecular weight excluding hydrogens is 296 g/mol. The molecule has 3 rings (SSSR count). The second kappa shape index (κ2) is 6.59. The van der Waals surface area contributed by atoms with Crippen LogP contribution in [0, 0.1) is 11.8 Å². The zero-order chi connectivity index (χ0) is 15.0. The summed E-state index contributed by atoms with van der Waals surface area (Å²) in [6.07, 6.45) is 4.21. The molecule has 1 spiro atoms. The van der Waals surface area contributed by atoms with Crippen LogP contribution in [0.25, 0.3) is 0 Å². The number of carbonyl (C=O) groups is 1. The Labute approximate surface area is 139 Å². The van der Waals surface area contributed by atoms with Gasteiger partial charge in [0.1, 0.15) is 0 Å². The Morgan fingerprint density at radius 3 is 2.82 bits per heavy atom. The lowest BCUT2D eigenvalue weighted by Gasteiger charge is -2.20. The zero-order valence-corrected chi connectivity index (χ0v) is 14.3. The Morgan fingerprint density at radius 1 is 1.41 bits per heavy atom. The fraction of sp³-hybridized carbons (Fsp3) is 0.611. The highest BCUT2D eigenvalue weighted by Gasteiger charge is 2.61. The summed E-state index contributed by atoms with van der Waals surface area (Å²) >= 11 is 0. The molecule has 1 aromatic rings. The van der Waals surface area contributed by atoms with E-state index in [4.69, 9.17) is 5.73 Å². The zero-order valence-electron chi connectivity index (χ0n) is 13.5. The van der Waals surface area contributed by atoms with Crippen molar-refractivity contribution in [3.8, 4) is 0 Å². The predicted molar refractivity (Wildman–Crippen MR) is 92.2 cm³/mol. The minimum Gasteiger partial charge on any atom is -0.352 e. The van der Waals surface area contributed by atoms with E-state index in [1.54, 1.807) is 0 Å². The molecule has 3 atom stereocenters. The van der Waals surface area contributed by atoms with Gasteiger partial charge in [-0.3, -0.25) is 4.79 Å². The van der Waals surface area contributed by atoms with E-state index in [9.17, 15) is 4.79 Å². The first-order valence-corrected chi connectivity index (χ1v) is 8.15. The van der Waals surface area contributed by atoms with Gasteiger partial charge in [-0.05, 0) is 42.7 Å². The molecule has 1 amide bonds. The number of carbonyl (C=O) groups excluding carboxylic acids is 1. The fourth-order valence-electron chi connectivity index (χ4n) is 4.02. The van der Waals surface area contributed by atoms with Crippen LogP contribution in [-0.4, -0.2) is 18.5 Å². The summed E-state index contributed by atoms with van der Waals surface area (Å²) in [5.41, 5.74) is 8.78. The van der Waals surface area contributed by atoms with Gasteiger partial charge in [-0.2, -0.15) is 0 Å².